The highest BCUT2D eigenvalue weighted by molar-refractivity contribution is 8.13. The molecule has 0 unspecified atom stereocenters. The minimum Gasteiger partial charge on any atom is -0.379 e. The molecule has 0 saturated carbocycles. The maximum Gasteiger partial charge on any atom is 0.154 e. The van der Waals surface area contributed by atoms with Gasteiger partial charge in [-0.05, 0) is 56.6 Å². The number of likely N-dealkylation sites (tertiary alicyclic amines) is 1. The van der Waals surface area contributed by atoms with E-state index in [1.165, 1.54) is 38.9 Å². The molecule has 1 aromatic carbocycles. The zero-order valence-corrected chi connectivity index (χ0v) is 14.5. The van der Waals surface area contributed by atoms with Crippen molar-refractivity contribution in [3.8, 4) is 0 Å². The van der Waals surface area contributed by atoms with Gasteiger partial charge in [-0.2, -0.15) is 0 Å². The Balaban J connectivity index is 0.00000220. The lowest BCUT2D eigenvalue weighted by molar-refractivity contribution is 0.341. The molecule has 6 heteroatoms. The van der Waals surface area contributed by atoms with Gasteiger partial charge in [-0.1, -0.05) is 35.5 Å². The lowest BCUT2D eigenvalue weighted by atomic mass is 10.2. The van der Waals surface area contributed by atoms with Crippen molar-refractivity contribution >= 4 is 40.9 Å². The molecule has 1 aliphatic heterocycles. The molecule has 118 valence electrons. The fourth-order valence-electron chi connectivity index (χ4n) is 2.28. The summed E-state index contributed by atoms with van der Waals surface area (Å²) in [5, 5.41) is 1.43. The summed E-state index contributed by atoms with van der Waals surface area (Å²) < 4.78 is 0. The Morgan fingerprint density at radius 2 is 1.90 bits per heavy atom. The Morgan fingerprint density at radius 1 is 1.24 bits per heavy atom. The van der Waals surface area contributed by atoms with Crippen LogP contribution in [0.5, 0.6) is 0 Å². The fourth-order valence-corrected chi connectivity index (χ4v) is 3.04. The lowest BCUT2D eigenvalue weighted by Crippen LogP contribution is -2.21. The topological polar surface area (TPSA) is 41.6 Å². The van der Waals surface area contributed by atoms with Gasteiger partial charge in [0, 0.05) is 10.8 Å². The summed E-state index contributed by atoms with van der Waals surface area (Å²) in [6.45, 7) is 4.36. The average Bonchev–Trinajstić information content (AvgIpc) is 2.96. The number of rotatable bonds is 6. The van der Waals surface area contributed by atoms with Gasteiger partial charge in [0.15, 0.2) is 5.17 Å². The molecule has 2 rings (SSSR count). The van der Waals surface area contributed by atoms with Gasteiger partial charge in [0.25, 0.3) is 0 Å². The molecule has 0 aromatic heterocycles. The number of hydrogen-bond donors (Lipinski definition) is 1. The Hall–Kier alpha value is -0.420. The molecule has 2 N–H and O–H groups in total. The molecule has 3 nitrogen and oxygen atoms in total. The standard InChI is InChI=1S/C15H22ClN3S.ClH/c16-14-6-4-13(5-7-14)12-18-15(17)20-11-3-10-19-8-1-2-9-19;/h4-7H,1-3,8-12H2,(H2,17,18);1H. The molecule has 0 bridgehead atoms. The van der Waals surface area contributed by atoms with E-state index in [-0.39, 0.29) is 12.4 Å². The van der Waals surface area contributed by atoms with Crippen molar-refractivity contribution in [3.05, 3.63) is 34.9 Å². The van der Waals surface area contributed by atoms with Gasteiger partial charge in [0.1, 0.15) is 0 Å². The molecule has 1 aliphatic rings. The van der Waals surface area contributed by atoms with E-state index in [1.54, 1.807) is 11.8 Å². The number of thioether (sulfide) groups is 1. The predicted octanol–water partition coefficient (Wildman–Crippen LogP) is 3.80. The van der Waals surface area contributed by atoms with Crippen molar-refractivity contribution in [1.82, 2.24) is 4.90 Å². The van der Waals surface area contributed by atoms with Crippen LogP contribution in [0.2, 0.25) is 5.02 Å². The van der Waals surface area contributed by atoms with Gasteiger partial charge in [-0.3, -0.25) is 4.99 Å². The van der Waals surface area contributed by atoms with E-state index in [4.69, 9.17) is 17.3 Å². The van der Waals surface area contributed by atoms with Crippen LogP contribution in [0.3, 0.4) is 0 Å². The first-order valence-electron chi connectivity index (χ1n) is 7.13. The van der Waals surface area contributed by atoms with Gasteiger partial charge >= 0.3 is 0 Å². The molecule has 1 fully saturated rings. The molecule has 1 aromatic rings. The average molecular weight is 348 g/mol. The summed E-state index contributed by atoms with van der Waals surface area (Å²) in [6.07, 6.45) is 3.90. The summed E-state index contributed by atoms with van der Waals surface area (Å²) in [5.74, 6) is 1.05. The SMILES string of the molecule is Cl.NC(=NCc1ccc(Cl)cc1)SCCCN1CCCC1. The first-order chi connectivity index (χ1) is 9.74. The number of halogens is 2. The monoisotopic (exact) mass is 347 g/mol. The predicted molar refractivity (Wildman–Crippen MR) is 96.8 cm³/mol. The number of amidine groups is 1. The first kappa shape index (κ1) is 18.6. The van der Waals surface area contributed by atoms with Crippen molar-refractivity contribution in [2.45, 2.75) is 25.8 Å². The highest BCUT2D eigenvalue weighted by Crippen LogP contribution is 2.12. The fraction of sp³-hybridized carbons (Fsp3) is 0.533. The van der Waals surface area contributed by atoms with Gasteiger partial charge in [0.05, 0.1) is 6.54 Å². The number of benzene rings is 1. The maximum atomic E-state index is 5.92. The second-order valence-electron chi connectivity index (χ2n) is 5.03. The summed E-state index contributed by atoms with van der Waals surface area (Å²) >= 11 is 7.50. The summed E-state index contributed by atoms with van der Waals surface area (Å²) in [5.41, 5.74) is 7.05. The van der Waals surface area contributed by atoms with Gasteiger partial charge in [0.2, 0.25) is 0 Å². The normalized spacial score (nSPS) is 16.0. The number of nitrogens with two attached hydrogens (primary N) is 1. The van der Waals surface area contributed by atoms with E-state index < -0.39 is 0 Å². The van der Waals surface area contributed by atoms with Crippen LogP contribution in [-0.2, 0) is 6.54 Å². The van der Waals surface area contributed by atoms with Crippen LogP contribution >= 0.6 is 35.8 Å². The van der Waals surface area contributed by atoms with E-state index in [1.807, 2.05) is 24.3 Å². The van der Waals surface area contributed by atoms with Crippen LogP contribution in [0, 0.1) is 0 Å². The quantitative estimate of drug-likeness (QED) is 0.483. The largest absolute Gasteiger partial charge is 0.379 e. The van der Waals surface area contributed by atoms with E-state index >= 15 is 0 Å². The Morgan fingerprint density at radius 3 is 2.57 bits per heavy atom. The number of nitrogens with zero attached hydrogens (tertiary/aromatic N) is 2. The second kappa shape index (κ2) is 10.3. The van der Waals surface area contributed by atoms with E-state index in [2.05, 4.69) is 9.89 Å². The van der Waals surface area contributed by atoms with Crippen molar-refractivity contribution in [3.63, 3.8) is 0 Å². The van der Waals surface area contributed by atoms with Gasteiger partial charge in [-0.25, -0.2) is 0 Å². The van der Waals surface area contributed by atoms with E-state index in [9.17, 15) is 0 Å². The van der Waals surface area contributed by atoms with Crippen LogP contribution in [0.25, 0.3) is 0 Å². The van der Waals surface area contributed by atoms with Crippen LogP contribution < -0.4 is 5.73 Å². The summed E-state index contributed by atoms with van der Waals surface area (Å²) in [6, 6.07) is 7.73. The third-order valence-corrected chi connectivity index (χ3v) is 4.57. The molecular weight excluding hydrogens is 325 g/mol. The zero-order valence-electron chi connectivity index (χ0n) is 12.1. The molecule has 0 aliphatic carbocycles. The molecular formula is C15H23Cl2N3S. The van der Waals surface area contributed by atoms with E-state index in [0.717, 1.165) is 16.3 Å². The van der Waals surface area contributed by atoms with E-state index in [0.29, 0.717) is 11.7 Å². The summed E-state index contributed by atoms with van der Waals surface area (Å²) in [4.78, 5) is 6.92. The smallest absolute Gasteiger partial charge is 0.154 e. The minimum absolute atomic E-state index is 0. The van der Waals surface area contributed by atoms with Crippen molar-refractivity contribution in [2.24, 2.45) is 10.7 Å². The van der Waals surface area contributed by atoms with Crippen LogP contribution in [-0.4, -0.2) is 35.5 Å². The minimum atomic E-state index is 0. The van der Waals surface area contributed by atoms with Crippen LogP contribution in [0.15, 0.2) is 29.3 Å². The van der Waals surface area contributed by atoms with Crippen molar-refractivity contribution in [2.75, 3.05) is 25.4 Å². The van der Waals surface area contributed by atoms with Gasteiger partial charge < -0.3 is 10.6 Å². The Kier molecular flexibility index (Phi) is 9.16. The van der Waals surface area contributed by atoms with Crippen molar-refractivity contribution < 1.29 is 0 Å². The van der Waals surface area contributed by atoms with Gasteiger partial charge in [-0.15, -0.1) is 12.4 Å². The molecule has 1 saturated heterocycles. The number of hydrogen-bond acceptors (Lipinski definition) is 3. The molecule has 0 spiro atoms. The highest BCUT2D eigenvalue weighted by Gasteiger charge is 2.10. The molecule has 0 amide bonds. The van der Waals surface area contributed by atoms with Crippen molar-refractivity contribution in [1.29, 1.82) is 0 Å². The van der Waals surface area contributed by atoms with Crippen LogP contribution in [0.1, 0.15) is 24.8 Å². The maximum absolute atomic E-state index is 5.92. The third-order valence-electron chi connectivity index (χ3n) is 3.40. The first-order valence-corrected chi connectivity index (χ1v) is 8.50. The molecule has 0 atom stereocenters. The lowest BCUT2D eigenvalue weighted by Gasteiger charge is -2.13. The Labute approximate surface area is 142 Å². The molecule has 1 heterocycles. The Bertz CT molecular complexity index is 431. The van der Waals surface area contributed by atoms with Crippen LogP contribution in [0.4, 0.5) is 0 Å². The zero-order chi connectivity index (χ0) is 14.2. The number of aliphatic imine (C=N–C) groups is 1. The third kappa shape index (κ3) is 7.41. The molecule has 21 heavy (non-hydrogen) atoms. The summed E-state index contributed by atoms with van der Waals surface area (Å²) in [7, 11) is 0. The molecule has 0 radical (unpaired) electrons. The second-order valence-corrected chi connectivity index (χ2v) is 6.58. The highest BCUT2D eigenvalue weighted by atomic mass is 35.5.